The van der Waals surface area contributed by atoms with Gasteiger partial charge in [-0.2, -0.15) is 0 Å². The number of carbonyl (C=O) groups is 2. The summed E-state index contributed by atoms with van der Waals surface area (Å²) in [5.41, 5.74) is 2.14. The summed E-state index contributed by atoms with van der Waals surface area (Å²) in [6.07, 6.45) is 4.09. The third kappa shape index (κ3) is 4.18. The fraction of sp³-hybridized carbons (Fsp3) is 0.300. The first-order valence-electron chi connectivity index (χ1n) is 8.60. The van der Waals surface area contributed by atoms with E-state index in [4.69, 9.17) is 0 Å². The maximum absolute atomic E-state index is 12.6. The first kappa shape index (κ1) is 17.0. The van der Waals surface area contributed by atoms with Crippen molar-refractivity contribution in [3.05, 3.63) is 60.2 Å². The van der Waals surface area contributed by atoms with E-state index in [2.05, 4.69) is 28.1 Å². The number of amides is 3. The third-order valence-electron chi connectivity index (χ3n) is 4.58. The van der Waals surface area contributed by atoms with Crippen LogP contribution in [-0.2, 0) is 10.3 Å². The zero-order valence-corrected chi connectivity index (χ0v) is 14.3. The standard InChI is InChI=1S/C20H23N3O2/c1-15(24)21-17-10-7-11-18(14-17)22-19(25)23-20(12-5-6-13-20)16-8-3-2-4-9-16/h2-4,7-11,14H,5-6,12-13H2,1H3,(H,21,24)(H2,22,23,25). The lowest BCUT2D eigenvalue weighted by Crippen LogP contribution is -2.45. The first-order chi connectivity index (χ1) is 12.1. The molecule has 3 amide bonds. The molecular weight excluding hydrogens is 314 g/mol. The molecule has 0 radical (unpaired) electrons. The number of nitrogens with one attached hydrogen (secondary N) is 3. The predicted octanol–water partition coefficient (Wildman–Crippen LogP) is 4.24. The molecule has 130 valence electrons. The van der Waals surface area contributed by atoms with Crippen LogP contribution in [0.15, 0.2) is 54.6 Å². The number of rotatable bonds is 4. The van der Waals surface area contributed by atoms with Gasteiger partial charge in [0.05, 0.1) is 5.54 Å². The van der Waals surface area contributed by atoms with Gasteiger partial charge in [-0.1, -0.05) is 49.2 Å². The first-order valence-corrected chi connectivity index (χ1v) is 8.60. The third-order valence-corrected chi connectivity index (χ3v) is 4.58. The van der Waals surface area contributed by atoms with Gasteiger partial charge < -0.3 is 16.0 Å². The van der Waals surface area contributed by atoms with Gasteiger partial charge in [0, 0.05) is 18.3 Å². The van der Waals surface area contributed by atoms with E-state index in [9.17, 15) is 9.59 Å². The van der Waals surface area contributed by atoms with Crippen LogP contribution in [-0.4, -0.2) is 11.9 Å². The van der Waals surface area contributed by atoms with Crippen molar-refractivity contribution in [1.82, 2.24) is 5.32 Å². The van der Waals surface area contributed by atoms with Crippen molar-refractivity contribution in [3.63, 3.8) is 0 Å². The van der Waals surface area contributed by atoms with Crippen LogP contribution in [0.4, 0.5) is 16.2 Å². The Morgan fingerprint density at radius 2 is 1.52 bits per heavy atom. The fourth-order valence-corrected chi connectivity index (χ4v) is 3.48. The number of carbonyl (C=O) groups excluding carboxylic acids is 2. The van der Waals surface area contributed by atoms with E-state index >= 15 is 0 Å². The van der Waals surface area contributed by atoms with E-state index < -0.39 is 0 Å². The molecular formula is C20H23N3O2. The van der Waals surface area contributed by atoms with E-state index in [1.54, 1.807) is 24.3 Å². The molecule has 1 aliphatic carbocycles. The molecule has 3 N–H and O–H groups in total. The van der Waals surface area contributed by atoms with E-state index in [-0.39, 0.29) is 17.5 Å². The van der Waals surface area contributed by atoms with Crippen LogP contribution in [0.1, 0.15) is 38.2 Å². The van der Waals surface area contributed by atoms with Gasteiger partial charge in [0.25, 0.3) is 0 Å². The highest BCUT2D eigenvalue weighted by molar-refractivity contribution is 5.92. The van der Waals surface area contributed by atoms with Crippen LogP contribution in [0.5, 0.6) is 0 Å². The second kappa shape index (κ2) is 7.38. The maximum atomic E-state index is 12.6. The Morgan fingerprint density at radius 3 is 2.16 bits per heavy atom. The van der Waals surface area contributed by atoms with Gasteiger partial charge in [-0.15, -0.1) is 0 Å². The second-order valence-electron chi connectivity index (χ2n) is 6.50. The van der Waals surface area contributed by atoms with Crippen molar-refractivity contribution in [3.8, 4) is 0 Å². The molecule has 1 fully saturated rings. The Balaban J connectivity index is 1.72. The number of hydrogen-bond acceptors (Lipinski definition) is 2. The average molecular weight is 337 g/mol. The Morgan fingerprint density at radius 1 is 0.880 bits per heavy atom. The Labute approximate surface area is 147 Å². The summed E-state index contributed by atoms with van der Waals surface area (Å²) in [6.45, 7) is 1.45. The van der Waals surface area contributed by atoms with Gasteiger partial charge in [0.15, 0.2) is 0 Å². The fourth-order valence-electron chi connectivity index (χ4n) is 3.48. The molecule has 5 nitrogen and oxygen atoms in total. The summed E-state index contributed by atoms with van der Waals surface area (Å²) in [5.74, 6) is -0.143. The quantitative estimate of drug-likeness (QED) is 0.781. The molecule has 5 heteroatoms. The minimum atomic E-state index is -0.305. The molecule has 0 saturated heterocycles. The molecule has 0 bridgehead atoms. The molecule has 0 aliphatic heterocycles. The summed E-state index contributed by atoms with van der Waals surface area (Å²) < 4.78 is 0. The molecule has 2 aromatic carbocycles. The SMILES string of the molecule is CC(=O)Nc1cccc(NC(=O)NC2(c3ccccc3)CCCC2)c1. The molecule has 0 atom stereocenters. The van der Waals surface area contributed by atoms with E-state index in [0.717, 1.165) is 31.2 Å². The van der Waals surface area contributed by atoms with Crippen LogP contribution >= 0.6 is 0 Å². The largest absolute Gasteiger partial charge is 0.328 e. The van der Waals surface area contributed by atoms with Gasteiger partial charge in [0.2, 0.25) is 5.91 Å². The number of hydrogen-bond donors (Lipinski definition) is 3. The van der Waals surface area contributed by atoms with Crippen LogP contribution < -0.4 is 16.0 Å². The van der Waals surface area contributed by atoms with Gasteiger partial charge in [0.1, 0.15) is 0 Å². The summed E-state index contributed by atoms with van der Waals surface area (Å²) in [4.78, 5) is 23.7. The smallest absolute Gasteiger partial charge is 0.319 e. The summed E-state index contributed by atoms with van der Waals surface area (Å²) in [7, 11) is 0. The van der Waals surface area contributed by atoms with E-state index in [1.807, 2.05) is 18.2 Å². The Bertz CT molecular complexity index is 753. The minimum Gasteiger partial charge on any atom is -0.328 e. The van der Waals surface area contributed by atoms with Crippen molar-refractivity contribution in [2.45, 2.75) is 38.1 Å². The zero-order valence-electron chi connectivity index (χ0n) is 14.3. The van der Waals surface area contributed by atoms with Crippen LogP contribution in [0.25, 0.3) is 0 Å². The monoisotopic (exact) mass is 337 g/mol. The number of benzene rings is 2. The predicted molar refractivity (Wildman–Crippen MR) is 99.5 cm³/mol. The topological polar surface area (TPSA) is 70.2 Å². The van der Waals surface area contributed by atoms with Crippen molar-refractivity contribution in [1.29, 1.82) is 0 Å². The maximum Gasteiger partial charge on any atom is 0.319 e. The molecule has 1 aliphatic rings. The van der Waals surface area contributed by atoms with Crippen molar-refractivity contribution >= 4 is 23.3 Å². The van der Waals surface area contributed by atoms with Gasteiger partial charge in [-0.25, -0.2) is 4.79 Å². The summed E-state index contributed by atoms with van der Waals surface area (Å²) in [6, 6.07) is 17.0. The van der Waals surface area contributed by atoms with Gasteiger partial charge in [-0.3, -0.25) is 4.79 Å². The molecule has 2 aromatic rings. The van der Waals surface area contributed by atoms with Gasteiger partial charge >= 0.3 is 6.03 Å². The lowest BCUT2D eigenvalue weighted by molar-refractivity contribution is -0.114. The van der Waals surface area contributed by atoms with E-state index in [0.29, 0.717) is 11.4 Å². The molecule has 0 spiro atoms. The lowest BCUT2D eigenvalue weighted by atomic mass is 9.88. The van der Waals surface area contributed by atoms with Crippen molar-refractivity contribution < 1.29 is 9.59 Å². The van der Waals surface area contributed by atoms with Gasteiger partial charge in [-0.05, 0) is 36.6 Å². The molecule has 0 heterocycles. The molecule has 3 rings (SSSR count). The molecule has 0 aromatic heterocycles. The highest BCUT2D eigenvalue weighted by Crippen LogP contribution is 2.38. The van der Waals surface area contributed by atoms with E-state index in [1.165, 1.54) is 6.92 Å². The normalized spacial score (nSPS) is 15.4. The highest BCUT2D eigenvalue weighted by Gasteiger charge is 2.36. The number of urea groups is 1. The number of anilines is 2. The van der Waals surface area contributed by atoms with Crippen LogP contribution in [0.2, 0.25) is 0 Å². The Kier molecular flexibility index (Phi) is 5.03. The molecule has 0 unspecified atom stereocenters. The van der Waals surface area contributed by atoms with Crippen LogP contribution in [0, 0.1) is 0 Å². The van der Waals surface area contributed by atoms with Crippen LogP contribution in [0.3, 0.4) is 0 Å². The summed E-state index contributed by atoms with van der Waals surface area (Å²) >= 11 is 0. The summed E-state index contributed by atoms with van der Waals surface area (Å²) in [5, 5.41) is 8.77. The minimum absolute atomic E-state index is 0.143. The lowest BCUT2D eigenvalue weighted by Gasteiger charge is -2.31. The average Bonchev–Trinajstić information content (AvgIpc) is 3.05. The zero-order chi connectivity index (χ0) is 17.7. The highest BCUT2D eigenvalue weighted by atomic mass is 16.2. The van der Waals surface area contributed by atoms with Crippen molar-refractivity contribution in [2.24, 2.45) is 0 Å². The van der Waals surface area contributed by atoms with Crippen molar-refractivity contribution in [2.75, 3.05) is 10.6 Å². The molecule has 1 saturated carbocycles. The Hall–Kier alpha value is -2.82. The second-order valence-corrected chi connectivity index (χ2v) is 6.50. The molecule has 25 heavy (non-hydrogen) atoms.